The van der Waals surface area contributed by atoms with E-state index >= 15 is 0 Å². The zero-order valence-electron chi connectivity index (χ0n) is 14.6. The topological polar surface area (TPSA) is 57.5 Å². The number of carboxylic acids is 1. The van der Waals surface area contributed by atoms with Crippen LogP contribution in [0, 0.1) is 11.3 Å². The van der Waals surface area contributed by atoms with Crippen LogP contribution in [0.1, 0.15) is 82.1 Å². The van der Waals surface area contributed by atoms with Gasteiger partial charge < -0.3 is 10.2 Å². The fraction of sp³-hybridized carbons (Fsp3) is 0.650. The Balaban J connectivity index is 2.14. The summed E-state index contributed by atoms with van der Waals surface area (Å²) in [4.78, 5) is 12.0. The van der Waals surface area contributed by atoms with Crippen molar-refractivity contribution in [2.45, 2.75) is 70.8 Å². The summed E-state index contributed by atoms with van der Waals surface area (Å²) in [7, 11) is 0. The minimum Gasteiger partial charge on any atom is -0.481 e. The van der Waals surface area contributed by atoms with E-state index in [9.17, 15) is 15.0 Å². The highest BCUT2D eigenvalue weighted by Crippen LogP contribution is 2.59. The Hall–Kier alpha value is -1.35. The van der Waals surface area contributed by atoms with Gasteiger partial charge in [0.1, 0.15) is 0 Å². The van der Waals surface area contributed by atoms with Crippen molar-refractivity contribution < 1.29 is 15.0 Å². The summed E-state index contributed by atoms with van der Waals surface area (Å²) in [6.07, 6.45) is 2.62. The second kappa shape index (κ2) is 5.34. The molecule has 3 nitrogen and oxygen atoms in total. The molecule has 2 N–H and O–H groups in total. The molecule has 1 aromatic rings. The molecule has 0 aromatic heterocycles. The quantitative estimate of drug-likeness (QED) is 0.850. The first-order valence-electron chi connectivity index (χ1n) is 8.76. The molecule has 4 atom stereocenters. The van der Waals surface area contributed by atoms with E-state index in [0.717, 1.165) is 24.0 Å². The van der Waals surface area contributed by atoms with Gasteiger partial charge in [0.2, 0.25) is 0 Å². The normalized spacial score (nSPS) is 36.4. The van der Waals surface area contributed by atoms with Gasteiger partial charge >= 0.3 is 5.97 Å². The highest BCUT2D eigenvalue weighted by atomic mass is 16.4. The maximum Gasteiger partial charge on any atom is 0.309 e. The zero-order chi connectivity index (χ0) is 17.0. The highest BCUT2D eigenvalue weighted by molar-refractivity contribution is 5.75. The molecule has 23 heavy (non-hydrogen) atoms. The van der Waals surface area contributed by atoms with Gasteiger partial charge in [0, 0.05) is 0 Å². The van der Waals surface area contributed by atoms with Crippen LogP contribution in [0.3, 0.4) is 0 Å². The largest absolute Gasteiger partial charge is 0.481 e. The van der Waals surface area contributed by atoms with Crippen molar-refractivity contribution in [2.24, 2.45) is 11.3 Å². The molecule has 126 valence electrons. The van der Waals surface area contributed by atoms with E-state index in [-0.39, 0.29) is 11.3 Å². The van der Waals surface area contributed by atoms with E-state index < -0.39 is 17.5 Å². The van der Waals surface area contributed by atoms with Crippen LogP contribution < -0.4 is 0 Å². The predicted molar refractivity (Wildman–Crippen MR) is 90.5 cm³/mol. The Morgan fingerprint density at radius 1 is 1.26 bits per heavy atom. The van der Waals surface area contributed by atoms with Gasteiger partial charge in [-0.15, -0.1) is 0 Å². The average molecular weight is 316 g/mol. The highest BCUT2D eigenvalue weighted by Gasteiger charge is 2.56. The fourth-order valence-electron chi connectivity index (χ4n) is 5.06. The van der Waals surface area contributed by atoms with E-state index in [2.05, 4.69) is 39.0 Å². The van der Waals surface area contributed by atoms with Crippen LogP contribution in [0.4, 0.5) is 0 Å². The second-order valence-electron chi connectivity index (χ2n) is 8.30. The molecule has 0 unspecified atom stereocenters. The Morgan fingerprint density at radius 2 is 1.96 bits per heavy atom. The number of aliphatic carboxylic acids is 1. The first-order valence-corrected chi connectivity index (χ1v) is 8.76. The van der Waals surface area contributed by atoms with Gasteiger partial charge in [-0.05, 0) is 60.1 Å². The van der Waals surface area contributed by atoms with E-state index in [1.165, 1.54) is 5.56 Å². The van der Waals surface area contributed by atoms with E-state index in [1.54, 1.807) is 0 Å². The number of carboxylic acid groups (broad SMARTS) is 1. The molecule has 0 radical (unpaired) electrons. The van der Waals surface area contributed by atoms with Crippen LogP contribution in [-0.4, -0.2) is 16.2 Å². The molecular weight excluding hydrogens is 288 g/mol. The molecule has 0 saturated heterocycles. The number of fused-ring (bicyclic) bond motifs is 3. The van der Waals surface area contributed by atoms with E-state index in [0.29, 0.717) is 18.8 Å². The Kier molecular flexibility index (Phi) is 3.83. The van der Waals surface area contributed by atoms with Crippen molar-refractivity contribution in [1.29, 1.82) is 0 Å². The molecule has 0 spiro atoms. The van der Waals surface area contributed by atoms with Crippen LogP contribution in [0.25, 0.3) is 0 Å². The lowest BCUT2D eigenvalue weighted by Gasteiger charge is -2.54. The number of aliphatic hydroxyl groups is 1. The monoisotopic (exact) mass is 316 g/mol. The van der Waals surface area contributed by atoms with Gasteiger partial charge in [0.15, 0.2) is 0 Å². The number of carbonyl (C=O) groups is 1. The standard InChI is InChI=1S/C20H28O3/c1-12(2)13-6-7-15-14(10-13)16(21)11-17-19(15,3)8-5-9-20(17,4)18(22)23/h6-7,10,12,16-17,21H,5,8-9,11H2,1-4H3,(H,22,23)/t16-,17+,19+,20-/m1/s1. The molecule has 2 aliphatic rings. The molecule has 0 bridgehead atoms. The molecule has 0 heterocycles. The smallest absolute Gasteiger partial charge is 0.309 e. The van der Waals surface area contributed by atoms with Gasteiger partial charge in [-0.2, -0.15) is 0 Å². The van der Waals surface area contributed by atoms with Crippen molar-refractivity contribution in [3.05, 3.63) is 34.9 Å². The average Bonchev–Trinajstić information content (AvgIpc) is 2.49. The van der Waals surface area contributed by atoms with Gasteiger partial charge in [-0.25, -0.2) is 0 Å². The van der Waals surface area contributed by atoms with Crippen LogP contribution in [-0.2, 0) is 10.2 Å². The van der Waals surface area contributed by atoms with Crippen LogP contribution in [0.5, 0.6) is 0 Å². The van der Waals surface area contributed by atoms with E-state index in [1.807, 2.05) is 6.92 Å². The van der Waals surface area contributed by atoms with Crippen molar-refractivity contribution in [3.63, 3.8) is 0 Å². The minimum absolute atomic E-state index is 0.0198. The molecule has 3 heteroatoms. The first-order chi connectivity index (χ1) is 10.7. The van der Waals surface area contributed by atoms with Gasteiger partial charge in [0.25, 0.3) is 0 Å². The number of hydrogen-bond donors (Lipinski definition) is 2. The SMILES string of the molecule is CC(C)c1ccc2c(c1)[C@H](O)C[C@@H]1[C@](C)(C(=O)O)CCC[C@@]21C. The van der Waals surface area contributed by atoms with Crippen molar-refractivity contribution in [2.75, 3.05) is 0 Å². The predicted octanol–water partition coefficient (Wildman–Crippen LogP) is 4.40. The van der Waals surface area contributed by atoms with Gasteiger partial charge in [-0.1, -0.05) is 45.4 Å². The summed E-state index contributed by atoms with van der Waals surface area (Å²) < 4.78 is 0. The molecule has 0 amide bonds. The Labute approximate surface area is 138 Å². The fourth-order valence-corrected chi connectivity index (χ4v) is 5.06. The van der Waals surface area contributed by atoms with Gasteiger partial charge in [0.05, 0.1) is 11.5 Å². The summed E-state index contributed by atoms with van der Waals surface area (Å²) in [6.45, 7) is 8.39. The number of rotatable bonds is 2. The number of benzene rings is 1. The van der Waals surface area contributed by atoms with Gasteiger partial charge in [-0.3, -0.25) is 4.79 Å². The van der Waals surface area contributed by atoms with Crippen molar-refractivity contribution >= 4 is 5.97 Å². The summed E-state index contributed by atoms with van der Waals surface area (Å²) in [5.41, 5.74) is 2.52. The lowest BCUT2D eigenvalue weighted by Crippen LogP contribution is -2.53. The third-order valence-corrected chi connectivity index (χ3v) is 6.59. The third-order valence-electron chi connectivity index (χ3n) is 6.59. The molecule has 2 aliphatic carbocycles. The Morgan fingerprint density at radius 3 is 2.57 bits per heavy atom. The second-order valence-corrected chi connectivity index (χ2v) is 8.30. The third kappa shape index (κ3) is 2.32. The zero-order valence-corrected chi connectivity index (χ0v) is 14.6. The van der Waals surface area contributed by atoms with Crippen molar-refractivity contribution in [3.8, 4) is 0 Å². The van der Waals surface area contributed by atoms with Crippen LogP contribution >= 0.6 is 0 Å². The molecule has 0 aliphatic heterocycles. The number of aliphatic hydroxyl groups excluding tert-OH is 1. The number of hydrogen-bond acceptors (Lipinski definition) is 2. The Bertz CT molecular complexity index is 636. The molecule has 1 fully saturated rings. The molecule has 3 rings (SSSR count). The first kappa shape index (κ1) is 16.5. The minimum atomic E-state index is -0.748. The van der Waals surface area contributed by atoms with Crippen LogP contribution in [0.2, 0.25) is 0 Å². The molecule has 1 saturated carbocycles. The summed E-state index contributed by atoms with van der Waals surface area (Å²) >= 11 is 0. The lowest BCUT2D eigenvalue weighted by atomic mass is 9.49. The van der Waals surface area contributed by atoms with Crippen LogP contribution in [0.15, 0.2) is 18.2 Å². The van der Waals surface area contributed by atoms with E-state index in [4.69, 9.17) is 0 Å². The lowest BCUT2D eigenvalue weighted by molar-refractivity contribution is -0.159. The maximum absolute atomic E-state index is 12.0. The van der Waals surface area contributed by atoms with Crippen molar-refractivity contribution in [1.82, 2.24) is 0 Å². The summed E-state index contributed by atoms with van der Waals surface area (Å²) in [5, 5.41) is 20.6. The summed E-state index contributed by atoms with van der Waals surface area (Å²) in [6, 6.07) is 6.43. The molecular formula is C20H28O3. The molecule has 1 aromatic carbocycles. The summed E-state index contributed by atoms with van der Waals surface area (Å²) in [5.74, 6) is -0.315. The maximum atomic E-state index is 12.0.